The van der Waals surface area contributed by atoms with Crippen molar-refractivity contribution in [3.05, 3.63) is 29.3 Å². The summed E-state index contributed by atoms with van der Waals surface area (Å²) in [6.07, 6.45) is 5.78. The predicted octanol–water partition coefficient (Wildman–Crippen LogP) is 3.27. The normalized spacial score (nSPS) is 21.9. The molecule has 110 valence electrons. The van der Waals surface area contributed by atoms with Crippen molar-refractivity contribution in [1.29, 1.82) is 0 Å². The van der Waals surface area contributed by atoms with Gasteiger partial charge in [0.2, 0.25) is 5.91 Å². The Hall–Kier alpha value is -1.35. The minimum Gasteiger partial charge on any atom is -0.327 e. The van der Waals surface area contributed by atoms with Crippen LogP contribution in [0.3, 0.4) is 0 Å². The Morgan fingerprint density at radius 1 is 1.30 bits per heavy atom. The molecule has 20 heavy (non-hydrogen) atoms. The summed E-state index contributed by atoms with van der Waals surface area (Å²) in [5, 5.41) is 3.09. The number of benzene rings is 1. The quantitative estimate of drug-likeness (QED) is 0.866. The van der Waals surface area contributed by atoms with Crippen LogP contribution in [0.2, 0.25) is 0 Å². The first-order valence-corrected chi connectivity index (χ1v) is 7.81. The van der Waals surface area contributed by atoms with Crippen molar-refractivity contribution in [3.8, 4) is 0 Å². The molecule has 0 unspecified atom stereocenters. The molecule has 0 saturated heterocycles. The fourth-order valence-electron chi connectivity index (χ4n) is 3.03. The number of amides is 1. The molecule has 0 aromatic heterocycles. The lowest BCUT2D eigenvalue weighted by atomic mass is 9.99. The molecule has 2 atom stereocenters. The van der Waals surface area contributed by atoms with Crippen LogP contribution < -0.4 is 11.1 Å². The molecule has 0 aliphatic heterocycles. The molecule has 3 heteroatoms. The second-order valence-corrected chi connectivity index (χ2v) is 5.81. The third kappa shape index (κ3) is 3.60. The van der Waals surface area contributed by atoms with Crippen molar-refractivity contribution >= 4 is 11.6 Å². The smallest absolute Gasteiger partial charge is 0.224 e. The van der Waals surface area contributed by atoms with Gasteiger partial charge < -0.3 is 11.1 Å². The van der Waals surface area contributed by atoms with Gasteiger partial charge >= 0.3 is 0 Å². The third-order valence-corrected chi connectivity index (χ3v) is 4.40. The molecular formula is C17H26N2O. The number of hydrogen-bond acceptors (Lipinski definition) is 2. The van der Waals surface area contributed by atoms with Crippen LogP contribution in [0.5, 0.6) is 0 Å². The van der Waals surface area contributed by atoms with Gasteiger partial charge in [0.1, 0.15) is 0 Å². The Morgan fingerprint density at radius 2 is 2.10 bits per heavy atom. The van der Waals surface area contributed by atoms with Gasteiger partial charge in [0.05, 0.1) is 0 Å². The summed E-state index contributed by atoms with van der Waals surface area (Å²) in [6, 6.07) is 6.57. The first-order valence-electron chi connectivity index (χ1n) is 7.81. The summed E-state index contributed by atoms with van der Waals surface area (Å²) in [7, 11) is 0. The van der Waals surface area contributed by atoms with Gasteiger partial charge in [-0.25, -0.2) is 0 Å². The molecule has 1 aliphatic carbocycles. The standard InChI is InChI=1S/C17H26N2O/c1-3-12-8-9-13(4-2)16(10-12)19-17(20)11-14-6-5-7-15(14)18/h8-10,14-15H,3-7,11,18H2,1-2H3,(H,19,20)/t14-,15+/m0/s1. The predicted molar refractivity (Wildman–Crippen MR) is 83.8 cm³/mol. The highest BCUT2D eigenvalue weighted by Crippen LogP contribution is 2.27. The maximum absolute atomic E-state index is 12.2. The van der Waals surface area contributed by atoms with E-state index in [0.29, 0.717) is 12.3 Å². The number of anilines is 1. The molecule has 0 spiro atoms. The monoisotopic (exact) mass is 274 g/mol. The summed E-state index contributed by atoms with van der Waals surface area (Å²) in [6.45, 7) is 4.24. The summed E-state index contributed by atoms with van der Waals surface area (Å²) >= 11 is 0. The molecule has 3 N–H and O–H groups in total. The molecule has 1 aliphatic rings. The number of carbonyl (C=O) groups excluding carboxylic acids is 1. The molecule has 1 fully saturated rings. The van der Waals surface area contributed by atoms with Gasteiger partial charge in [0.15, 0.2) is 0 Å². The van der Waals surface area contributed by atoms with Gasteiger partial charge in [0.25, 0.3) is 0 Å². The number of aryl methyl sites for hydroxylation is 2. The number of carbonyl (C=O) groups is 1. The van der Waals surface area contributed by atoms with Crippen LogP contribution in [-0.4, -0.2) is 11.9 Å². The SMILES string of the molecule is CCc1ccc(CC)c(NC(=O)C[C@@H]2CCC[C@H]2N)c1. The van der Waals surface area contributed by atoms with E-state index >= 15 is 0 Å². The fourth-order valence-corrected chi connectivity index (χ4v) is 3.03. The average Bonchev–Trinajstić information content (AvgIpc) is 2.84. The molecule has 0 heterocycles. The van der Waals surface area contributed by atoms with Gasteiger partial charge in [-0.1, -0.05) is 32.4 Å². The Balaban J connectivity index is 2.02. The van der Waals surface area contributed by atoms with Crippen molar-refractivity contribution in [2.75, 3.05) is 5.32 Å². The van der Waals surface area contributed by atoms with E-state index in [1.54, 1.807) is 0 Å². The van der Waals surface area contributed by atoms with E-state index in [-0.39, 0.29) is 11.9 Å². The molecule has 1 aromatic rings. The van der Waals surface area contributed by atoms with Gasteiger partial charge in [-0.15, -0.1) is 0 Å². The molecule has 0 bridgehead atoms. The lowest BCUT2D eigenvalue weighted by Crippen LogP contribution is -2.28. The Labute approximate surface area is 121 Å². The average molecular weight is 274 g/mol. The van der Waals surface area contributed by atoms with Crippen LogP contribution in [0.15, 0.2) is 18.2 Å². The lowest BCUT2D eigenvalue weighted by Gasteiger charge is -2.16. The summed E-state index contributed by atoms with van der Waals surface area (Å²) in [5.41, 5.74) is 9.48. The van der Waals surface area contributed by atoms with Gasteiger partial charge in [0, 0.05) is 18.2 Å². The summed E-state index contributed by atoms with van der Waals surface area (Å²) in [4.78, 5) is 12.2. The Bertz CT molecular complexity index is 470. The lowest BCUT2D eigenvalue weighted by molar-refractivity contribution is -0.117. The van der Waals surface area contributed by atoms with E-state index in [2.05, 4.69) is 37.4 Å². The van der Waals surface area contributed by atoms with Crippen LogP contribution in [-0.2, 0) is 17.6 Å². The summed E-state index contributed by atoms with van der Waals surface area (Å²) in [5.74, 6) is 0.463. The molecular weight excluding hydrogens is 248 g/mol. The highest BCUT2D eigenvalue weighted by atomic mass is 16.1. The zero-order chi connectivity index (χ0) is 14.5. The molecule has 3 nitrogen and oxygen atoms in total. The van der Waals surface area contributed by atoms with Crippen molar-refractivity contribution in [2.45, 2.75) is 58.4 Å². The maximum atomic E-state index is 12.2. The highest BCUT2D eigenvalue weighted by Gasteiger charge is 2.26. The van der Waals surface area contributed by atoms with Crippen LogP contribution in [0.4, 0.5) is 5.69 Å². The minimum atomic E-state index is 0.107. The highest BCUT2D eigenvalue weighted by molar-refractivity contribution is 5.91. The van der Waals surface area contributed by atoms with Crippen molar-refractivity contribution in [3.63, 3.8) is 0 Å². The van der Waals surface area contributed by atoms with Crippen LogP contribution in [0.25, 0.3) is 0 Å². The zero-order valence-corrected chi connectivity index (χ0v) is 12.6. The second-order valence-electron chi connectivity index (χ2n) is 5.81. The number of hydrogen-bond donors (Lipinski definition) is 2. The first kappa shape index (κ1) is 15.0. The van der Waals surface area contributed by atoms with E-state index in [9.17, 15) is 4.79 Å². The van der Waals surface area contributed by atoms with E-state index in [1.165, 1.54) is 11.1 Å². The van der Waals surface area contributed by atoms with Gasteiger partial charge in [-0.2, -0.15) is 0 Å². The van der Waals surface area contributed by atoms with E-state index in [4.69, 9.17) is 5.73 Å². The fraction of sp³-hybridized carbons (Fsp3) is 0.588. The molecule has 1 amide bonds. The van der Waals surface area contributed by atoms with Crippen LogP contribution in [0, 0.1) is 5.92 Å². The maximum Gasteiger partial charge on any atom is 0.224 e. The van der Waals surface area contributed by atoms with Gasteiger partial charge in [-0.05, 0) is 48.8 Å². The van der Waals surface area contributed by atoms with Crippen molar-refractivity contribution in [1.82, 2.24) is 0 Å². The summed E-state index contributed by atoms with van der Waals surface area (Å²) < 4.78 is 0. The third-order valence-electron chi connectivity index (χ3n) is 4.40. The molecule has 0 radical (unpaired) electrons. The van der Waals surface area contributed by atoms with E-state index in [0.717, 1.165) is 37.8 Å². The van der Waals surface area contributed by atoms with Crippen molar-refractivity contribution in [2.24, 2.45) is 11.7 Å². The van der Waals surface area contributed by atoms with Crippen LogP contribution >= 0.6 is 0 Å². The minimum absolute atomic E-state index is 0.107. The largest absolute Gasteiger partial charge is 0.327 e. The van der Waals surface area contributed by atoms with Crippen LogP contribution in [0.1, 0.15) is 50.7 Å². The topological polar surface area (TPSA) is 55.1 Å². The van der Waals surface area contributed by atoms with E-state index < -0.39 is 0 Å². The number of nitrogens with two attached hydrogens (primary N) is 1. The van der Waals surface area contributed by atoms with Crippen molar-refractivity contribution < 1.29 is 4.79 Å². The number of rotatable bonds is 5. The zero-order valence-electron chi connectivity index (χ0n) is 12.6. The van der Waals surface area contributed by atoms with E-state index in [1.807, 2.05) is 0 Å². The molecule has 2 rings (SSSR count). The molecule has 1 aromatic carbocycles. The number of nitrogens with one attached hydrogen (secondary N) is 1. The Kier molecular flexibility index (Phi) is 5.18. The van der Waals surface area contributed by atoms with Gasteiger partial charge in [-0.3, -0.25) is 4.79 Å². The molecule has 1 saturated carbocycles. The Morgan fingerprint density at radius 3 is 2.70 bits per heavy atom. The second kappa shape index (κ2) is 6.89. The first-order chi connectivity index (χ1) is 9.63.